The van der Waals surface area contributed by atoms with Crippen LogP contribution in [0.15, 0.2) is 17.3 Å². The molecule has 4 nitrogen and oxygen atoms in total. The van der Waals surface area contributed by atoms with Crippen LogP contribution in [-0.2, 0) is 4.79 Å². The molecule has 0 aromatic heterocycles. The highest BCUT2D eigenvalue weighted by Gasteiger charge is 2.17. The second kappa shape index (κ2) is 2.51. The molecule has 0 aliphatic carbocycles. The van der Waals surface area contributed by atoms with Crippen molar-refractivity contribution >= 4 is 11.8 Å². The molecule has 54 valence electrons. The lowest BCUT2D eigenvalue weighted by molar-refractivity contribution is -0.139. The molecule has 0 spiro atoms. The molecule has 0 saturated carbocycles. The number of aliphatic imine (C=N–C) groups is 1. The lowest BCUT2D eigenvalue weighted by Crippen LogP contribution is -2.23. The van der Waals surface area contributed by atoms with Crippen LogP contribution in [0.1, 0.15) is 6.42 Å². The van der Waals surface area contributed by atoms with Crippen LogP contribution < -0.4 is 5.73 Å². The molecule has 0 radical (unpaired) electrons. The zero-order chi connectivity index (χ0) is 7.56. The van der Waals surface area contributed by atoms with Crippen LogP contribution in [0.4, 0.5) is 0 Å². The van der Waals surface area contributed by atoms with Crippen molar-refractivity contribution in [3.63, 3.8) is 0 Å². The average molecular weight is 140 g/mol. The Morgan fingerprint density at radius 3 is 3.00 bits per heavy atom. The van der Waals surface area contributed by atoms with Gasteiger partial charge in [0.15, 0.2) is 0 Å². The van der Waals surface area contributed by atoms with E-state index in [2.05, 4.69) is 4.99 Å². The summed E-state index contributed by atoms with van der Waals surface area (Å²) >= 11 is 0. The molecule has 0 saturated heterocycles. The minimum absolute atomic E-state index is 0.325. The number of rotatable bonds is 1. The quantitative estimate of drug-likeness (QED) is 0.536. The molecule has 1 aliphatic heterocycles. The summed E-state index contributed by atoms with van der Waals surface area (Å²) in [7, 11) is 0. The third kappa shape index (κ3) is 1.34. The molecule has 1 rings (SSSR count). The van der Waals surface area contributed by atoms with E-state index in [1.165, 1.54) is 12.3 Å². The van der Waals surface area contributed by atoms with Gasteiger partial charge in [0, 0.05) is 12.6 Å². The van der Waals surface area contributed by atoms with E-state index in [0.29, 0.717) is 12.3 Å². The van der Waals surface area contributed by atoms with Gasteiger partial charge in [0.05, 0.1) is 5.92 Å². The van der Waals surface area contributed by atoms with E-state index in [1.54, 1.807) is 0 Å². The molecule has 0 aromatic carbocycles. The number of aliphatic carboxylic acids is 1. The summed E-state index contributed by atoms with van der Waals surface area (Å²) in [5.41, 5.74) is 5.30. The van der Waals surface area contributed by atoms with Crippen molar-refractivity contribution in [3.05, 3.63) is 12.3 Å². The molecular formula is C6H8N2O2. The SMILES string of the molecule is NC1=NC=C[C@H](C(=O)O)C1. The summed E-state index contributed by atoms with van der Waals surface area (Å²) < 4.78 is 0. The third-order valence-corrected chi connectivity index (χ3v) is 1.30. The predicted octanol–water partition coefficient (Wildman–Crippen LogP) is -0.0382. The van der Waals surface area contributed by atoms with Crippen LogP contribution in [0, 0.1) is 5.92 Å². The van der Waals surface area contributed by atoms with E-state index in [0.717, 1.165) is 0 Å². The number of carbonyl (C=O) groups is 1. The number of hydrogen-bond acceptors (Lipinski definition) is 3. The van der Waals surface area contributed by atoms with E-state index < -0.39 is 11.9 Å². The van der Waals surface area contributed by atoms with E-state index in [9.17, 15) is 4.79 Å². The smallest absolute Gasteiger partial charge is 0.310 e. The second-order valence-corrected chi connectivity index (χ2v) is 2.11. The highest BCUT2D eigenvalue weighted by molar-refractivity contribution is 5.87. The first kappa shape index (κ1) is 6.80. The Morgan fingerprint density at radius 2 is 2.60 bits per heavy atom. The minimum Gasteiger partial charge on any atom is -0.481 e. The number of amidine groups is 1. The van der Waals surface area contributed by atoms with Gasteiger partial charge in [-0.15, -0.1) is 0 Å². The van der Waals surface area contributed by atoms with Crippen molar-refractivity contribution < 1.29 is 9.90 Å². The topological polar surface area (TPSA) is 75.7 Å². The Hall–Kier alpha value is -1.32. The Morgan fingerprint density at radius 1 is 1.90 bits per heavy atom. The molecule has 0 amide bonds. The Balaban J connectivity index is 2.64. The third-order valence-electron chi connectivity index (χ3n) is 1.30. The molecule has 1 aliphatic rings. The van der Waals surface area contributed by atoms with Gasteiger partial charge in [-0.25, -0.2) is 4.99 Å². The molecule has 0 unspecified atom stereocenters. The normalized spacial score (nSPS) is 24.0. The monoisotopic (exact) mass is 140 g/mol. The van der Waals surface area contributed by atoms with E-state index in [1.807, 2.05) is 0 Å². The summed E-state index contributed by atoms with van der Waals surface area (Å²) in [6, 6.07) is 0. The maximum absolute atomic E-state index is 10.3. The van der Waals surface area contributed by atoms with Crippen molar-refractivity contribution in [2.45, 2.75) is 6.42 Å². The van der Waals surface area contributed by atoms with Crippen molar-refractivity contribution in [1.29, 1.82) is 0 Å². The van der Waals surface area contributed by atoms with Crippen LogP contribution >= 0.6 is 0 Å². The standard InChI is InChI=1S/C6H8N2O2/c7-5-3-4(6(9)10)1-2-8-5/h1-2,4H,3H2,(H2,7,8)(H,9,10)/t4-/m0/s1. The van der Waals surface area contributed by atoms with Crippen LogP contribution in [0.25, 0.3) is 0 Å². The van der Waals surface area contributed by atoms with Gasteiger partial charge in [0.2, 0.25) is 0 Å². The van der Waals surface area contributed by atoms with Gasteiger partial charge >= 0.3 is 5.97 Å². The van der Waals surface area contributed by atoms with Crippen LogP contribution in [0.3, 0.4) is 0 Å². The fourth-order valence-corrected chi connectivity index (χ4v) is 0.758. The van der Waals surface area contributed by atoms with Crippen LogP contribution in [0.5, 0.6) is 0 Å². The average Bonchev–Trinajstić information content (AvgIpc) is 1.88. The summed E-state index contributed by atoms with van der Waals surface area (Å²) in [5, 5.41) is 8.49. The molecule has 1 atom stereocenters. The molecule has 1 heterocycles. The predicted molar refractivity (Wildman–Crippen MR) is 36.5 cm³/mol. The van der Waals surface area contributed by atoms with E-state index in [4.69, 9.17) is 10.8 Å². The number of carboxylic acid groups (broad SMARTS) is 1. The summed E-state index contributed by atoms with van der Waals surface area (Å²) in [6.45, 7) is 0. The van der Waals surface area contributed by atoms with Gasteiger partial charge in [-0.3, -0.25) is 4.79 Å². The molecule has 0 bridgehead atoms. The Bertz CT molecular complexity index is 208. The number of hydrogen-bond donors (Lipinski definition) is 2. The van der Waals surface area contributed by atoms with Crippen molar-refractivity contribution in [2.75, 3.05) is 0 Å². The zero-order valence-corrected chi connectivity index (χ0v) is 5.32. The minimum atomic E-state index is -0.853. The van der Waals surface area contributed by atoms with Gasteiger partial charge in [0.1, 0.15) is 5.84 Å². The molecule has 3 N–H and O–H groups in total. The fourth-order valence-electron chi connectivity index (χ4n) is 0.758. The number of nitrogens with zero attached hydrogens (tertiary/aromatic N) is 1. The largest absolute Gasteiger partial charge is 0.481 e. The fraction of sp³-hybridized carbons (Fsp3) is 0.333. The van der Waals surface area contributed by atoms with Crippen molar-refractivity contribution in [2.24, 2.45) is 16.6 Å². The highest BCUT2D eigenvalue weighted by atomic mass is 16.4. The number of nitrogens with two attached hydrogens (primary N) is 1. The first-order valence-corrected chi connectivity index (χ1v) is 2.92. The molecule has 10 heavy (non-hydrogen) atoms. The van der Waals surface area contributed by atoms with Gasteiger partial charge < -0.3 is 10.8 Å². The molecule has 0 fully saturated rings. The Labute approximate surface area is 58.1 Å². The summed E-state index contributed by atoms with van der Waals surface area (Å²) in [4.78, 5) is 14.1. The zero-order valence-electron chi connectivity index (χ0n) is 5.32. The molecule has 0 aromatic rings. The van der Waals surface area contributed by atoms with E-state index in [-0.39, 0.29) is 0 Å². The summed E-state index contributed by atoms with van der Waals surface area (Å²) in [5.74, 6) is -0.957. The maximum atomic E-state index is 10.3. The first-order valence-electron chi connectivity index (χ1n) is 2.92. The van der Waals surface area contributed by atoms with Crippen LogP contribution in [0.2, 0.25) is 0 Å². The lowest BCUT2D eigenvalue weighted by atomic mass is 10.0. The van der Waals surface area contributed by atoms with E-state index >= 15 is 0 Å². The van der Waals surface area contributed by atoms with Crippen molar-refractivity contribution in [1.82, 2.24) is 0 Å². The first-order chi connectivity index (χ1) is 4.70. The highest BCUT2D eigenvalue weighted by Crippen LogP contribution is 2.09. The van der Waals surface area contributed by atoms with Gasteiger partial charge in [-0.1, -0.05) is 6.08 Å². The maximum Gasteiger partial charge on any atom is 0.310 e. The van der Waals surface area contributed by atoms with Gasteiger partial charge in [-0.2, -0.15) is 0 Å². The second-order valence-electron chi connectivity index (χ2n) is 2.11. The summed E-state index contributed by atoms with van der Waals surface area (Å²) in [6.07, 6.45) is 3.28. The Kier molecular flexibility index (Phi) is 1.71. The van der Waals surface area contributed by atoms with Crippen molar-refractivity contribution in [3.8, 4) is 0 Å². The number of carboxylic acids is 1. The molecular weight excluding hydrogens is 132 g/mol. The molecule has 4 heteroatoms. The van der Waals surface area contributed by atoms with Crippen LogP contribution in [-0.4, -0.2) is 16.9 Å². The van der Waals surface area contributed by atoms with Gasteiger partial charge in [-0.05, 0) is 0 Å². The van der Waals surface area contributed by atoms with Gasteiger partial charge in [0.25, 0.3) is 0 Å². The lowest BCUT2D eigenvalue weighted by Gasteiger charge is -2.09.